The highest BCUT2D eigenvalue weighted by atomic mass is 32.1. The van der Waals surface area contributed by atoms with E-state index in [1.54, 1.807) is 41.8 Å². The minimum absolute atomic E-state index is 0.0270. The Morgan fingerprint density at radius 3 is 2.60 bits per heavy atom. The van der Waals surface area contributed by atoms with Crippen LogP contribution in [0, 0.1) is 12.8 Å². The summed E-state index contributed by atoms with van der Waals surface area (Å²) in [7, 11) is 0. The van der Waals surface area contributed by atoms with Crippen LogP contribution in [0.4, 0.5) is 0 Å². The van der Waals surface area contributed by atoms with E-state index < -0.39 is 18.1 Å². The maximum Gasteiger partial charge on any atom is 0.254 e. The van der Waals surface area contributed by atoms with Gasteiger partial charge >= 0.3 is 0 Å². The summed E-state index contributed by atoms with van der Waals surface area (Å²) in [6, 6.07) is 17.3. The number of hydrogen-bond donors (Lipinski definition) is 4. The van der Waals surface area contributed by atoms with Crippen LogP contribution < -0.4 is 14.8 Å². The Hall–Kier alpha value is -5.84. The minimum atomic E-state index is -0.834. The van der Waals surface area contributed by atoms with Gasteiger partial charge in [0.25, 0.3) is 5.88 Å². The van der Waals surface area contributed by atoms with Crippen molar-refractivity contribution in [1.29, 1.82) is 0 Å². The van der Waals surface area contributed by atoms with Crippen molar-refractivity contribution in [2.45, 2.75) is 64.3 Å². The Bertz CT molecular complexity index is 2390. The molecule has 0 saturated carbocycles. The second-order valence-electron chi connectivity index (χ2n) is 15.3. The van der Waals surface area contributed by atoms with E-state index in [-0.39, 0.29) is 54.5 Å². The average molecular weight is 807 g/mol. The number of thiazole rings is 1. The first-order valence-corrected chi connectivity index (χ1v) is 20.3. The number of aryl methyl sites for hydroxylation is 1. The molecule has 4 atom stereocenters. The fourth-order valence-electron chi connectivity index (χ4n) is 7.66. The smallest absolute Gasteiger partial charge is 0.254 e. The number of para-hydroxylation sites is 1. The van der Waals surface area contributed by atoms with Crippen LogP contribution in [-0.4, -0.2) is 108 Å². The Labute approximate surface area is 339 Å². The lowest BCUT2D eigenvalue weighted by molar-refractivity contribution is -0.141. The lowest BCUT2D eigenvalue weighted by atomic mass is 9.91. The number of β-amino-alcohol motifs (C(OH)–C–C–N with tert-alkyl or cyclic N) is 1. The van der Waals surface area contributed by atoms with Gasteiger partial charge in [-0.15, -0.1) is 21.5 Å². The van der Waals surface area contributed by atoms with Crippen LogP contribution in [0.5, 0.6) is 17.4 Å². The molecule has 2 fully saturated rings. The number of aliphatic hydroxyl groups excluding tert-OH is 1. The third-order valence-corrected chi connectivity index (χ3v) is 11.8. The van der Waals surface area contributed by atoms with Crippen molar-refractivity contribution in [3.63, 3.8) is 0 Å². The number of amides is 2. The van der Waals surface area contributed by atoms with Crippen molar-refractivity contribution >= 4 is 34.2 Å². The van der Waals surface area contributed by atoms with Crippen molar-refractivity contribution in [1.82, 2.24) is 40.4 Å². The molecule has 302 valence electrons. The minimum Gasteiger partial charge on any atom is -0.507 e. The highest BCUT2D eigenvalue weighted by molar-refractivity contribution is 7.13. The van der Waals surface area contributed by atoms with Crippen molar-refractivity contribution in [3.05, 3.63) is 89.4 Å². The lowest BCUT2D eigenvalue weighted by Crippen LogP contribution is -2.54. The number of phenolic OH excluding ortho intramolecular Hbond substituents is 1. The van der Waals surface area contributed by atoms with Crippen LogP contribution in [0.15, 0.2) is 76.9 Å². The molecule has 0 spiro atoms. The number of hydrogen-bond acceptors (Lipinski definition) is 13. The summed E-state index contributed by atoms with van der Waals surface area (Å²) in [6.45, 7) is 10.1. The normalized spacial score (nSPS) is 18.3. The summed E-state index contributed by atoms with van der Waals surface area (Å²) in [4.78, 5) is 40.0. The van der Waals surface area contributed by atoms with Gasteiger partial charge in [-0.3, -0.25) is 14.5 Å². The summed E-state index contributed by atoms with van der Waals surface area (Å²) >= 11 is 1.59. The molecule has 2 saturated heterocycles. The van der Waals surface area contributed by atoms with Crippen LogP contribution in [0.1, 0.15) is 56.2 Å². The molecule has 8 rings (SSSR count). The van der Waals surface area contributed by atoms with Gasteiger partial charge in [0.2, 0.25) is 11.8 Å². The first kappa shape index (κ1) is 39.0. The number of nitrogens with zero attached hydrogens (tertiary/aromatic N) is 6. The monoisotopic (exact) mass is 806 g/mol. The van der Waals surface area contributed by atoms with Gasteiger partial charge < -0.3 is 39.4 Å². The predicted octanol–water partition coefficient (Wildman–Crippen LogP) is 5.47. The van der Waals surface area contributed by atoms with Gasteiger partial charge in [0, 0.05) is 50.4 Å². The van der Waals surface area contributed by atoms with E-state index in [0.29, 0.717) is 54.7 Å². The quantitative estimate of drug-likeness (QED) is 0.109. The second-order valence-corrected chi connectivity index (χ2v) is 16.2. The second kappa shape index (κ2) is 16.6. The number of nitrogens with one attached hydrogen (secondary N) is 2. The Morgan fingerprint density at radius 2 is 1.86 bits per heavy atom. The van der Waals surface area contributed by atoms with Crippen LogP contribution in [0.25, 0.3) is 32.7 Å². The topological polar surface area (TPSA) is 192 Å². The molecule has 2 amide bonds. The standard InChI is InChI=1S/C42H46N8O7S/c1-23(2)38(42(54)50-19-28(51)15-33(50)41(53)45-24(3)26-9-11-27(12-10-26)39-25(4)44-22-58-39)35-17-37(48-57-35)55-14-13-49-20-29(21-49)56-36-18-43-40-31(36)16-32(46-47-40)30-7-5-6-8-34(30)52/h5-12,16-18,22-24,28-29,33,38,51-52H,13-15,19-21H2,1-4H3,(H,43,47)(H,45,53)/t24?,28-,33+,38-/m1/s1. The largest absolute Gasteiger partial charge is 0.507 e. The molecule has 2 aromatic carbocycles. The third-order valence-electron chi connectivity index (χ3n) is 10.8. The molecule has 0 bridgehead atoms. The molecule has 58 heavy (non-hydrogen) atoms. The van der Waals surface area contributed by atoms with E-state index in [1.807, 2.05) is 69.6 Å². The number of aliphatic hydroxyl groups is 1. The van der Waals surface area contributed by atoms with E-state index in [0.717, 1.165) is 27.1 Å². The maximum absolute atomic E-state index is 14.1. The lowest BCUT2D eigenvalue weighted by Gasteiger charge is -2.38. The fourth-order valence-corrected chi connectivity index (χ4v) is 8.47. The number of benzene rings is 2. The number of fused-ring (bicyclic) bond motifs is 1. The van der Waals surface area contributed by atoms with Crippen LogP contribution in [0.2, 0.25) is 0 Å². The molecule has 16 heteroatoms. The molecular weight excluding hydrogens is 761 g/mol. The summed E-state index contributed by atoms with van der Waals surface area (Å²) in [5, 5.41) is 37.4. The van der Waals surface area contributed by atoms with Crippen LogP contribution in [0.3, 0.4) is 0 Å². The molecular formula is C42H46N8O7S. The number of phenols is 1. The molecule has 4 aromatic heterocycles. The number of likely N-dealkylation sites (tertiary alicyclic amines) is 2. The van der Waals surface area contributed by atoms with E-state index in [1.165, 1.54) is 4.90 Å². The fraction of sp³-hybridized carbons (Fsp3) is 0.381. The Balaban J connectivity index is 0.829. The molecule has 6 aromatic rings. The van der Waals surface area contributed by atoms with Crippen molar-refractivity contribution < 1.29 is 33.8 Å². The van der Waals surface area contributed by atoms with Crippen LogP contribution >= 0.6 is 11.3 Å². The molecule has 0 radical (unpaired) electrons. The van der Waals surface area contributed by atoms with Crippen LogP contribution in [-0.2, 0) is 9.59 Å². The number of carbonyl (C=O) groups excluding carboxylic acids is 2. The predicted molar refractivity (Wildman–Crippen MR) is 216 cm³/mol. The van der Waals surface area contributed by atoms with Gasteiger partial charge in [-0.1, -0.05) is 50.2 Å². The highest BCUT2D eigenvalue weighted by Gasteiger charge is 2.43. The number of aromatic nitrogens is 5. The van der Waals surface area contributed by atoms with E-state index in [2.05, 4.69) is 35.5 Å². The van der Waals surface area contributed by atoms with Crippen molar-refractivity contribution in [2.75, 3.05) is 32.8 Å². The Kier molecular flexibility index (Phi) is 11.1. The summed E-state index contributed by atoms with van der Waals surface area (Å²) in [5.41, 5.74) is 6.53. The van der Waals surface area contributed by atoms with Gasteiger partial charge in [0.05, 0.1) is 39.3 Å². The zero-order valence-electron chi connectivity index (χ0n) is 32.7. The zero-order chi connectivity index (χ0) is 40.5. The number of rotatable bonds is 14. The number of carbonyl (C=O) groups is 2. The Morgan fingerprint density at radius 1 is 1.07 bits per heavy atom. The number of aromatic amines is 1. The van der Waals surface area contributed by atoms with Gasteiger partial charge in [0.1, 0.15) is 36.2 Å². The number of aromatic hydroxyl groups is 1. The first-order valence-electron chi connectivity index (χ1n) is 19.4. The first-order chi connectivity index (χ1) is 28.0. The molecule has 2 aliphatic rings. The van der Waals surface area contributed by atoms with Crippen molar-refractivity contribution in [3.8, 4) is 39.1 Å². The summed E-state index contributed by atoms with van der Waals surface area (Å²) in [5.74, 6) is -0.148. The van der Waals surface area contributed by atoms with E-state index in [4.69, 9.17) is 14.0 Å². The number of ether oxygens (including phenoxy) is 2. The van der Waals surface area contributed by atoms with Gasteiger partial charge in [0.15, 0.2) is 11.4 Å². The molecule has 6 heterocycles. The van der Waals surface area contributed by atoms with E-state index >= 15 is 0 Å². The molecule has 2 aliphatic heterocycles. The van der Waals surface area contributed by atoms with Gasteiger partial charge in [-0.25, -0.2) is 4.98 Å². The number of H-pyrrole nitrogens is 1. The van der Waals surface area contributed by atoms with E-state index in [9.17, 15) is 19.8 Å². The summed E-state index contributed by atoms with van der Waals surface area (Å²) in [6.07, 6.45) is 1.05. The van der Waals surface area contributed by atoms with Crippen molar-refractivity contribution in [2.24, 2.45) is 5.92 Å². The molecule has 4 N–H and O–H groups in total. The SMILES string of the molecule is Cc1ncsc1-c1ccc(C(C)NC(=O)[C@@H]2C[C@@H](O)CN2C(=O)[C@@H](c2cc(OCCN3CC(Oc4c[nH]c5nnc(-c6ccccc6O)cc45)C3)no2)C(C)C)cc1. The maximum atomic E-state index is 14.1. The highest BCUT2D eigenvalue weighted by Crippen LogP contribution is 2.35. The molecule has 15 nitrogen and oxygen atoms in total. The summed E-state index contributed by atoms with van der Waals surface area (Å²) < 4.78 is 17.9. The average Bonchev–Trinajstić information content (AvgIpc) is 4.01. The van der Waals surface area contributed by atoms with Gasteiger partial charge in [-0.2, -0.15) is 0 Å². The third kappa shape index (κ3) is 8.12. The molecule has 1 unspecified atom stereocenters. The van der Waals surface area contributed by atoms with Gasteiger partial charge in [-0.05, 0) is 54.2 Å². The molecule has 0 aliphatic carbocycles. The zero-order valence-corrected chi connectivity index (χ0v) is 33.5.